The molecule has 3 rings (SSSR count). The topological polar surface area (TPSA) is 111 Å². The van der Waals surface area contributed by atoms with E-state index < -0.39 is 0 Å². The van der Waals surface area contributed by atoms with Gasteiger partial charge in [0.25, 0.3) is 5.91 Å². The number of nitrogens with zero attached hydrogens (tertiary/aromatic N) is 4. The number of thioether (sulfide) groups is 2. The van der Waals surface area contributed by atoms with Crippen molar-refractivity contribution in [2.75, 3.05) is 30.2 Å². The van der Waals surface area contributed by atoms with Crippen LogP contribution in [0.5, 0.6) is 5.75 Å². The highest BCUT2D eigenvalue weighted by atomic mass is 32.2. The van der Waals surface area contributed by atoms with Gasteiger partial charge in [-0.1, -0.05) is 11.8 Å². The molecule has 182 valence electrons. The first-order valence-electron chi connectivity index (χ1n) is 10.7. The van der Waals surface area contributed by atoms with E-state index in [1.807, 2.05) is 30.1 Å². The standard InChI is InChI=1S/C22H28N6O3S3/c1-5-28-19(26-27-22(28)34-13-18(29)25-21-23-14(2)12-33-21)17(10-11-32-4)24-20(30)15-6-8-16(31-3)9-7-15/h6-9,12,17H,5,10-11,13H2,1-4H3,(H,24,30)(H,23,25,29)/t17-/m0/s1. The van der Waals surface area contributed by atoms with Gasteiger partial charge >= 0.3 is 0 Å². The Balaban J connectivity index is 1.70. The van der Waals surface area contributed by atoms with Crippen LogP contribution in [-0.4, -0.2) is 56.4 Å². The number of hydrogen-bond acceptors (Lipinski definition) is 9. The summed E-state index contributed by atoms with van der Waals surface area (Å²) in [5.74, 6) is 2.06. The summed E-state index contributed by atoms with van der Waals surface area (Å²) in [5, 5.41) is 17.7. The molecule has 0 aliphatic rings. The number of aromatic nitrogens is 4. The second-order valence-electron chi connectivity index (χ2n) is 7.25. The molecule has 0 aliphatic heterocycles. The molecule has 0 radical (unpaired) electrons. The largest absolute Gasteiger partial charge is 0.497 e. The highest BCUT2D eigenvalue weighted by molar-refractivity contribution is 7.99. The molecule has 2 amide bonds. The van der Waals surface area contributed by atoms with Gasteiger partial charge in [0.2, 0.25) is 5.91 Å². The van der Waals surface area contributed by atoms with Crippen molar-refractivity contribution in [3.8, 4) is 5.75 Å². The quantitative estimate of drug-likeness (QED) is 0.345. The number of nitrogens with one attached hydrogen (secondary N) is 2. The van der Waals surface area contributed by atoms with E-state index in [0.29, 0.717) is 40.4 Å². The zero-order valence-corrected chi connectivity index (χ0v) is 22.0. The minimum atomic E-state index is -0.309. The van der Waals surface area contributed by atoms with Crippen molar-refractivity contribution < 1.29 is 14.3 Å². The van der Waals surface area contributed by atoms with Crippen LogP contribution in [0.2, 0.25) is 0 Å². The number of carbonyl (C=O) groups excluding carboxylic acids is 2. The molecule has 2 N–H and O–H groups in total. The van der Waals surface area contributed by atoms with Gasteiger partial charge in [-0.3, -0.25) is 9.59 Å². The Hall–Kier alpha value is -2.57. The summed E-state index contributed by atoms with van der Waals surface area (Å²) in [4.78, 5) is 29.5. The predicted molar refractivity (Wildman–Crippen MR) is 138 cm³/mol. The molecule has 0 saturated carbocycles. The summed E-state index contributed by atoms with van der Waals surface area (Å²) in [7, 11) is 1.59. The zero-order chi connectivity index (χ0) is 24.5. The fraction of sp³-hybridized carbons (Fsp3) is 0.409. The number of anilines is 1. The average molecular weight is 521 g/mol. The maximum atomic E-state index is 12.9. The molecule has 2 heterocycles. The Morgan fingerprint density at radius 1 is 1.24 bits per heavy atom. The molecule has 0 bridgehead atoms. The van der Waals surface area contributed by atoms with Crippen molar-refractivity contribution in [2.45, 2.75) is 38.0 Å². The fourth-order valence-corrected chi connectivity index (χ4v) is 5.13. The second kappa shape index (κ2) is 12.8. The van der Waals surface area contributed by atoms with Gasteiger partial charge in [-0.25, -0.2) is 4.98 Å². The van der Waals surface area contributed by atoms with Crippen LogP contribution in [0, 0.1) is 6.92 Å². The highest BCUT2D eigenvalue weighted by Gasteiger charge is 2.23. The number of hydrogen-bond donors (Lipinski definition) is 2. The van der Waals surface area contributed by atoms with Crippen molar-refractivity contribution in [1.29, 1.82) is 0 Å². The molecule has 9 nitrogen and oxygen atoms in total. The lowest BCUT2D eigenvalue weighted by Crippen LogP contribution is -2.31. The number of ether oxygens (including phenoxy) is 1. The van der Waals surface area contributed by atoms with Crippen LogP contribution in [-0.2, 0) is 11.3 Å². The number of methoxy groups -OCH3 is 1. The fourth-order valence-electron chi connectivity index (χ4n) is 3.14. The smallest absolute Gasteiger partial charge is 0.251 e. The van der Waals surface area contributed by atoms with Gasteiger partial charge in [0, 0.05) is 17.5 Å². The van der Waals surface area contributed by atoms with Crippen molar-refractivity contribution in [3.05, 3.63) is 46.7 Å². The normalized spacial score (nSPS) is 11.8. The SMILES string of the molecule is CCn1c(SCC(=O)Nc2nc(C)cs2)nnc1[C@H](CCSC)NC(=O)c1ccc(OC)cc1. The van der Waals surface area contributed by atoms with Crippen LogP contribution in [0.1, 0.15) is 41.3 Å². The molecular formula is C22H28N6O3S3. The Kier molecular flexibility index (Phi) is 9.78. The summed E-state index contributed by atoms with van der Waals surface area (Å²) in [5.41, 5.74) is 1.41. The number of aryl methyl sites for hydroxylation is 1. The molecule has 0 unspecified atom stereocenters. The maximum absolute atomic E-state index is 12.9. The Morgan fingerprint density at radius 2 is 2.00 bits per heavy atom. The lowest BCUT2D eigenvalue weighted by Gasteiger charge is -2.19. The van der Waals surface area contributed by atoms with Gasteiger partial charge in [0.1, 0.15) is 5.75 Å². The molecule has 0 saturated heterocycles. The van der Waals surface area contributed by atoms with Gasteiger partial charge in [-0.2, -0.15) is 11.8 Å². The van der Waals surface area contributed by atoms with Crippen LogP contribution in [0.3, 0.4) is 0 Å². The summed E-state index contributed by atoms with van der Waals surface area (Å²) in [6.07, 6.45) is 2.73. The average Bonchev–Trinajstić information content (AvgIpc) is 3.45. The molecule has 3 aromatic rings. The Labute approximate surface area is 211 Å². The minimum Gasteiger partial charge on any atom is -0.497 e. The lowest BCUT2D eigenvalue weighted by atomic mass is 10.1. The van der Waals surface area contributed by atoms with E-state index in [4.69, 9.17) is 4.74 Å². The van der Waals surface area contributed by atoms with E-state index in [2.05, 4.69) is 25.8 Å². The van der Waals surface area contributed by atoms with Crippen molar-refractivity contribution >= 4 is 51.8 Å². The molecule has 1 atom stereocenters. The van der Waals surface area contributed by atoms with E-state index in [1.165, 1.54) is 23.1 Å². The molecule has 0 spiro atoms. The number of amides is 2. The van der Waals surface area contributed by atoms with Crippen molar-refractivity contribution in [1.82, 2.24) is 25.1 Å². The second-order valence-corrected chi connectivity index (χ2v) is 10.0. The van der Waals surface area contributed by atoms with E-state index in [9.17, 15) is 9.59 Å². The minimum absolute atomic E-state index is 0.154. The van der Waals surface area contributed by atoms with Gasteiger partial charge in [0.15, 0.2) is 16.1 Å². The number of carbonyl (C=O) groups is 2. The monoisotopic (exact) mass is 520 g/mol. The van der Waals surface area contributed by atoms with E-state index in [1.54, 1.807) is 43.1 Å². The summed E-state index contributed by atoms with van der Waals surface area (Å²) in [6.45, 7) is 4.49. The zero-order valence-electron chi connectivity index (χ0n) is 19.5. The molecule has 2 aromatic heterocycles. The maximum Gasteiger partial charge on any atom is 0.251 e. The van der Waals surface area contributed by atoms with Gasteiger partial charge < -0.3 is 19.9 Å². The lowest BCUT2D eigenvalue weighted by molar-refractivity contribution is -0.113. The predicted octanol–water partition coefficient (Wildman–Crippen LogP) is 4.03. The number of thiazole rings is 1. The molecule has 12 heteroatoms. The third-order valence-corrected chi connectivity index (χ3v) is 7.33. The third kappa shape index (κ3) is 6.97. The van der Waals surface area contributed by atoms with Crippen molar-refractivity contribution in [3.63, 3.8) is 0 Å². The first-order valence-corrected chi connectivity index (χ1v) is 13.9. The van der Waals surface area contributed by atoms with Crippen LogP contribution in [0.15, 0.2) is 34.8 Å². The van der Waals surface area contributed by atoms with Gasteiger partial charge in [-0.15, -0.1) is 21.5 Å². The summed E-state index contributed by atoms with van der Waals surface area (Å²) in [6, 6.07) is 6.67. The van der Waals surface area contributed by atoms with E-state index in [0.717, 1.165) is 11.4 Å². The van der Waals surface area contributed by atoms with E-state index >= 15 is 0 Å². The highest BCUT2D eigenvalue weighted by Crippen LogP contribution is 2.24. The van der Waals surface area contributed by atoms with Gasteiger partial charge in [0.05, 0.1) is 24.6 Å². The number of rotatable bonds is 12. The summed E-state index contributed by atoms with van der Waals surface area (Å²) < 4.78 is 7.12. The molecule has 34 heavy (non-hydrogen) atoms. The summed E-state index contributed by atoms with van der Waals surface area (Å²) >= 11 is 4.40. The number of benzene rings is 1. The van der Waals surface area contributed by atoms with Crippen LogP contribution < -0.4 is 15.4 Å². The first-order chi connectivity index (χ1) is 16.4. The third-order valence-electron chi connectivity index (χ3n) is 4.84. The van der Waals surface area contributed by atoms with Crippen LogP contribution in [0.25, 0.3) is 0 Å². The van der Waals surface area contributed by atoms with Crippen molar-refractivity contribution in [2.24, 2.45) is 0 Å². The van der Waals surface area contributed by atoms with Crippen LogP contribution >= 0.6 is 34.9 Å². The van der Waals surface area contributed by atoms with E-state index in [-0.39, 0.29) is 23.6 Å². The van der Waals surface area contributed by atoms with Gasteiger partial charge in [-0.05, 0) is 56.5 Å². The molecule has 0 fully saturated rings. The Morgan fingerprint density at radius 3 is 2.62 bits per heavy atom. The Bertz CT molecular complexity index is 1100. The molecular weight excluding hydrogens is 492 g/mol. The molecule has 0 aliphatic carbocycles. The first kappa shape index (κ1) is 26.0. The van der Waals surface area contributed by atoms with Crippen LogP contribution in [0.4, 0.5) is 5.13 Å². The molecule has 1 aromatic carbocycles.